The second-order valence-electron chi connectivity index (χ2n) is 10.4. The predicted octanol–water partition coefficient (Wildman–Crippen LogP) is 5.17. The zero-order chi connectivity index (χ0) is 26.0. The normalized spacial score (nSPS) is 20.5. The summed E-state index contributed by atoms with van der Waals surface area (Å²) in [6.45, 7) is 0.891. The van der Waals surface area contributed by atoms with E-state index >= 15 is 0 Å². The molecule has 2 aliphatic heterocycles. The number of rotatable bonds is 5. The van der Waals surface area contributed by atoms with Gasteiger partial charge in [0.1, 0.15) is 17.4 Å². The van der Waals surface area contributed by atoms with Crippen LogP contribution in [0.4, 0.5) is 20.2 Å². The third-order valence-corrected chi connectivity index (χ3v) is 7.87. The maximum absolute atomic E-state index is 14.2. The molecule has 1 aliphatic carbocycles. The Morgan fingerprint density at radius 1 is 1.03 bits per heavy atom. The lowest BCUT2D eigenvalue weighted by Gasteiger charge is -2.30. The molecule has 38 heavy (non-hydrogen) atoms. The Morgan fingerprint density at radius 2 is 1.82 bits per heavy atom. The fraction of sp³-hybridized carbons (Fsp3) is 0.241. The van der Waals surface area contributed by atoms with Crippen LogP contribution in [0.25, 0.3) is 22.2 Å². The van der Waals surface area contributed by atoms with Gasteiger partial charge in [-0.05, 0) is 73.2 Å². The quantitative estimate of drug-likeness (QED) is 0.321. The summed E-state index contributed by atoms with van der Waals surface area (Å²) < 4.78 is 36.6. The van der Waals surface area contributed by atoms with Crippen molar-refractivity contribution in [1.82, 2.24) is 9.88 Å². The zero-order valence-corrected chi connectivity index (χ0v) is 20.3. The van der Waals surface area contributed by atoms with E-state index in [2.05, 4.69) is 16.0 Å². The van der Waals surface area contributed by atoms with Crippen molar-refractivity contribution in [3.63, 3.8) is 0 Å². The molecule has 3 N–H and O–H groups in total. The topological polar surface area (TPSA) is 84.4 Å². The standard InChI is InChI=1S/C29H24F2N4O3/c30-18-7-17(8-19(31)11-18)28-35-24-4-2-21(34-27(37)23-13-29(5-6-29)14-32-23)9-16(24)10-25(35)22-3-1-20(33-15-36)12-26(22)38-28/h1-4,7-12,15,23,28,32H,5-6,13-14H2,(H,33,36)(H,34,37). The molecule has 7 nitrogen and oxygen atoms in total. The molecule has 1 saturated heterocycles. The first kappa shape index (κ1) is 22.9. The molecule has 1 saturated carbocycles. The summed E-state index contributed by atoms with van der Waals surface area (Å²) in [6, 6.07) is 15.9. The number of anilines is 2. The average molecular weight is 515 g/mol. The number of ether oxygens (including phenoxy) is 1. The van der Waals surface area contributed by atoms with Crippen LogP contribution in [0.2, 0.25) is 0 Å². The van der Waals surface area contributed by atoms with E-state index < -0.39 is 17.9 Å². The number of halogens is 2. The number of carbonyl (C=O) groups excluding carboxylic acids is 2. The second-order valence-corrected chi connectivity index (χ2v) is 10.4. The minimum atomic E-state index is -0.857. The number of benzene rings is 3. The zero-order valence-electron chi connectivity index (χ0n) is 20.3. The maximum atomic E-state index is 14.2. The van der Waals surface area contributed by atoms with Crippen LogP contribution in [0.3, 0.4) is 0 Å². The van der Waals surface area contributed by atoms with Gasteiger partial charge in [0.2, 0.25) is 18.5 Å². The summed E-state index contributed by atoms with van der Waals surface area (Å²) in [4.78, 5) is 23.9. The number of fused-ring (bicyclic) bond motifs is 5. The van der Waals surface area contributed by atoms with Crippen molar-refractivity contribution in [3.8, 4) is 17.0 Å². The third kappa shape index (κ3) is 3.81. The van der Waals surface area contributed by atoms with Gasteiger partial charge in [0.15, 0.2) is 0 Å². The summed E-state index contributed by atoms with van der Waals surface area (Å²) in [7, 11) is 0. The number of aromatic nitrogens is 1. The number of hydrogen-bond donors (Lipinski definition) is 3. The summed E-state index contributed by atoms with van der Waals surface area (Å²) in [5.74, 6) is -0.990. The molecule has 2 atom stereocenters. The van der Waals surface area contributed by atoms with E-state index in [9.17, 15) is 18.4 Å². The molecular formula is C29H24F2N4O3. The van der Waals surface area contributed by atoms with Gasteiger partial charge in [-0.2, -0.15) is 0 Å². The average Bonchev–Trinajstić information content (AvgIpc) is 3.34. The fourth-order valence-electron chi connectivity index (χ4n) is 5.76. The highest BCUT2D eigenvalue weighted by Crippen LogP contribution is 2.52. The molecule has 3 aromatic carbocycles. The van der Waals surface area contributed by atoms with Crippen LogP contribution in [0.1, 0.15) is 31.1 Å². The lowest BCUT2D eigenvalue weighted by molar-refractivity contribution is -0.117. The van der Waals surface area contributed by atoms with E-state index in [1.807, 2.05) is 34.9 Å². The van der Waals surface area contributed by atoms with Crippen LogP contribution >= 0.6 is 0 Å². The highest BCUT2D eigenvalue weighted by Gasteiger charge is 2.49. The monoisotopic (exact) mass is 514 g/mol. The van der Waals surface area contributed by atoms with E-state index in [0.29, 0.717) is 34.5 Å². The Kier molecular flexibility index (Phi) is 5.06. The molecule has 0 radical (unpaired) electrons. The number of carbonyl (C=O) groups is 2. The lowest BCUT2D eigenvalue weighted by atomic mass is 10.0. The van der Waals surface area contributed by atoms with Crippen LogP contribution in [0.15, 0.2) is 60.7 Å². The van der Waals surface area contributed by atoms with Gasteiger partial charge in [-0.25, -0.2) is 8.78 Å². The molecular weight excluding hydrogens is 490 g/mol. The summed E-state index contributed by atoms with van der Waals surface area (Å²) in [5, 5.41) is 9.82. The highest BCUT2D eigenvalue weighted by atomic mass is 19.1. The van der Waals surface area contributed by atoms with Crippen molar-refractivity contribution >= 4 is 34.6 Å². The molecule has 2 unspecified atom stereocenters. The fourth-order valence-corrected chi connectivity index (χ4v) is 5.76. The van der Waals surface area contributed by atoms with Gasteiger partial charge in [0.25, 0.3) is 0 Å². The van der Waals surface area contributed by atoms with Crippen LogP contribution in [0.5, 0.6) is 5.75 Å². The highest BCUT2D eigenvalue weighted by molar-refractivity contribution is 5.98. The van der Waals surface area contributed by atoms with E-state index in [1.165, 1.54) is 25.0 Å². The van der Waals surface area contributed by atoms with E-state index in [-0.39, 0.29) is 11.9 Å². The SMILES string of the molecule is O=CNc1ccc2c(c1)OC(c1cc(F)cc(F)c1)n1c-2cc2cc(NC(=O)C3CC4(CC4)CN3)ccc21. The van der Waals surface area contributed by atoms with Gasteiger partial charge in [-0.1, -0.05) is 0 Å². The molecule has 7 rings (SSSR count). The van der Waals surface area contributed by atoms with Crippen molar-refractivity contribution in [2.45, 2.75) is 31.5 Å². The van der Waals surface area contributed by atoms with E-state index in [0.717, 1.165) is 41.2 Å². The Hall–Kier alpha value is -4.24. The molecule has 3 heterocycles. The van der Waals surface area contributed by atoms with Gasteiger partial charge >= 0.3 is 0 Å². The van der Waals surface area contributed by atoms with Crippen molar-refractivity contribution in [2.75, 3.05) is 17.2 Å². The molecule has 0 bridgehead atoms. The smallest absolute Gasteiger partial charge is 0.241 e. The predicted molar refractivity (Wildman–Crippen MR) is 139 cm³/mol. The largest absolute Gasteiger partial charge is 0.465 e. The van der Waals surface area contributed by atoms with Gasteiger partial charge in [-0.3, -0.25) is 9.59 Å². The summed E-state index contributed by atoms with van der Waals surface area (Å²) in [5.41, 5.74) is 4.15. The first-order chi connectivity index (χ1) is 18.4. The number of nitrogens with zero attached hydrogens (tertiary/aromatic N) is 1. The summed E-state index contributed by atoms with van der Waals surface area (Å²) in [6.07, 6.45) is 2.94. The molecule has 1 spiro atoms. The van der Waals surface area contributed by atoms with Crippen LogP contribution < -0.4 is 20.7 Å². The van der Waals surface area contributed by atoms with Crippen LogP contribution in [-0.4, -0.2) is 29.5 Å². The lowest BCUT2D eigenvalue weighted by Crippen LogP contribution is -2.35. The van der Waals surface area contributed by atoms with Crippen LogP contribution in [0, 0.1) is 17.0 Å². The minimum Gasteiger partial charge on any atom is -0.465 e. The molecule has 3 aliphatic rings. The van der Waals surface area contributed by atoms with Gasteiger partial charge < -0.3 is 25.3 Å². The van der Waals surface area contributed by atoms with E-state index in [1.54, 1.807) is 12.1 Å². The molecule has 2 fully saturated rings. The van der Waals surface area contributed by atoms with Crippen molar-refractivity contribution in [3.05, 3.63) is 77.9 Å². The third-order valence-electron chi connectivity index (χ3n) is 7.87. The maximum Gasteiger partial charge on any atom is 0.241 e. The summed E-state index contributed by atoms with van der Waals surface area (Å²) >= 11 is 0. The van der Waals surface area contributed by atoms with Crippen LogP contribution in [-0.2, 0) is 9.59 Å². The Morgan fingerprint density at radius 3 is 2.55 bits per heavy atom. The molecule has 9 heteroatoms. The molecule has 2 amide bonds. The molecule has 4 aromatic rings. The molecule has 192 valence electrons. The second kappa shape index (κ2) is 8.39. The Bertz CT molecular complexity index is 1610. The first-order valence-electron chi connectivity index (χ1n) is 12.6. The Balaban J connectivity index is 1.30. The van der Waals surface area contributed by atoms with Crippen molar-refractivity contribution in [1.29, 1.82) is 0 Å². The number of nitrogens with one attached hydrogen (secondary N) is 3. The number of amides is 2. The van der Waals surface area contributed by atoms with Gasteiger partial charge in [-0.15, -0.1) is 0 Å². The minimum absolute atomic E-state index is 0.0471. The van der Waals surface area contributed by atoms with Crippen molar-refractivity contribution < 1.29 is 23.1 Å². The first-order valence-corrected chi connectivity index (χ1v) is 12.6. The van der Waals surface area contributed by atoms with Gasteiger partial charge in [0.05, 0.1) is 17.3 Å². The molecule has 1 aromatic heterocycles. The van der Waals surface area contributed by atoms with E-state index in [4.69, 9.17) is 4.74 Å². The van der Waals surface area contributed by atoms with Crippen molar-refractivity contribution in [2.24, 2.45) is 5.41 Å². The van der Waals surface area contributed by atoms with Gasteiger partial charge in [0, 0.05) is 46.6 Å². The Labute approximate surface area is 216 Å². The number of hydrogen-bond acceptors (Lipinski definition) is 4.